The fraction of sp³-hybridized carbons (Fsp3) is 0.562. The number of fused-ring (bicyclic) bond motifs is 1. The molecule has 4 nitrogen and oxygen atoms in total. The molecule has 1 aliphatic heterocycles. The molecule has 2 aliphatic rings. The Balaban J connectivity index is 1.82. The molecule has 1 amide bonds. The van der Waals surface area contributed by atoms with Gasteiger partial charge in [-0.05, 0) is 49.8 Å². The Kier molecular flexibility index (Phi) is 3.55. The predicted octanol–water partition coefficient (Wildman–Crippen LogP) is 2.81. The molecule has 0 spiro atoms. The van der Waals surface area contributed by atoms with E-state index in [1.165, 1.54) is 32.4 Å². The number of likely N-dealkylation sites (tertiary alicyclic amines) is 1. The topological polar surface area (TPSA) is 49.8 Å². The molecule has 2 atom stereocenters. The zero-order valence-electron chi connectivity index (χ0n) is 11.8. The summed E-state index contributed by atoms with van der Waals surface area (Å²) < 4.78 is 5.02. The highest BCUT2D eigenvalue weighted by molar-refractivity contribution is 5.95. The van der Waals surface area contributed by atoms with E-state index in [0.717, 1.165) is 19.4 Å². The second-order valence-electron chi connectivity index (χ2n) is 5.79. The van der Waals surface area contributed by atoms with Crippen molar-refractivity contribution in [1.29, 1.82) is 0 Å². The molecule has 1 saturated heterocycles. The lowest BCUT2D eigenvalue weighted by molar-refractivity contribution is 0.0548. The van der Waals surface area contributed by atoms with E-state index in [1.807, 2.05) is 4.90 Å². The fourth-order valence-corrected chi connectivity index (χ4v) is 3.69. The highest BCUT2D eigenvalue weighted by Crippen LogP contribution is 2.37. The van der Waals surface area contributed by atoms with Gasteiger partial charge in [-0.15, -0.1) is 0 Å². The molecule has 1 heterocycles. The quantitative estimate of drug-likeness (QED) is 0.903. The summed E-state index contributed by atoms with van der Waals surface area (Å²) in [4.78, 5) is 14.7. The minimum atomic E-state index is 0.0262. The third kappa shape index (κ3) is 2.23. The van der Waals surface area contributed by atoms with Crippen molar-refractivity contribution in [1.82, 2.24) is 4.90 Å². The SMILES string of the molecule is COc1ccc(C(=O)N2CCCC3CCCC32)cc1O. The number of nitrogens with zero attached hydrogens (tertiary/aromatic N) is 1. The number of rotatable bonds is 2. The van der Waals surface area contributed by atoms with Gasteiger partial charge in [0.2, 0.25) is 0 Å². The Morgan fingerprint density at radius 3 is 2.85 bits per heavy atom. The molecule has 1 aromatic carbocycles. The average molecular weight is 275 g/mol. The van der Waals surface area contributed by atoms with Crippen LogP contribution in [0, 0.1) is 5.92 Å². The Morgan fingerprint density at radius 2 is 2.10 bits per heavy atom. The fourth-order valence-electron chi connectivity index (χ4n) is 3.69. The molecule has 1 aliphatic carbocycles. The van der Waals surface area contributed by atoms with Crippen molar-refractivity contribution in [3.05, 3.63) is 23.8 Å². The van der Waals surface area contributed by atoms with Gasteiger partial charge in [0.25, 0.3) is 5.91 Å². The number of phenols is 1. The molecule has 0 radical (unpaired) electrons. The Morgan fingerprint density at radius 1 is 1.30 bits per heavy atom. The molecule has 4 heteroatoms. The van der Waals surface area contributed by atoms with Crippen LogP contribution >= 0.6 is 0 Å². The van der Waals surface area contributed by atoms with Crippen LogP contribution in [0.4, 0.5) is 0 Å². The molecule has 1 N–H and O–H groups in total. The number of benzene rings is 1. The van der Waals surface area contributed by atoms with E-state index >= 15 is 0 Å². The zero-order chi connectivity index (χ0) is 14.1. The van der Waals surface area contributed by atoms with Crippen molar-refractivity contribution in [2.24, 2.45) is 5.92 Å². The maximum atomic E-state index is 12.7. The molecule has 0 aromatic heterocycles. The van der Waals surface area contributed by atoms with Crippen molar-refractivity contribution >= 4 is 5.91 Å². The van der Waals surface area contributed by atoms with E-state index in [4.69, 9.17) is 4.74 Å². The molecular formula is C16H21NO3. The van der Waals surface area contributed by atoms with E-state index in [2.05, 4.69) is 0 Å². The van der Waals surface area contributed by atoms with E-state index < -0.39 is 0 Å². The van der Waals surface area contributed by atoms with Crippen LogP contribution in [-0.2, 0) is 0 Å². The van der Waals surface area contributed by atoms with Gasteiger partial charge in [0.15, 0.2) is 11.5 Å². The summed E-state index contributed by atoms with van der Waals surface area (Å²) in [5, 5.41) is 9.83. The maximum absolute atomic E-state index is 12.7. The number of hydrogen-bond donors (Lipinski definition) is 1. The molecular weight excluding hydrogens is 254 g/mol. The Labute approximate surface area is 119 Å². The largest absolute Gasteiger partial charge is 0.504 e. The summed E-state index contributed by atoms with van der Waals surface area (Å²) in [7, 11) is 1.50. The second-order valence-corrected chi connectivity index (χ2v) is 5.79. The van der Waals surface area contributed by atoms with Gasteiger partial charge in [-0.25, -0.2) is 0 Å². The highest BCUT2D eigenvalue weighted by Gasteiger charge is 2.37. The molecule has 2 fully saturated rings. The third-order valence-electron chi connectivity index (χ3n) is 4.68. The van der Waals surface area contributed by atoms with Gasteiger partial charge in [-0.3, -0.25) is 4.79 Å². The van der Waals surface area contributed by atoms with E-state index in [1.54, 1.807) is 12.1 Å². The van der Waals surface area contributed by atoms with Crippen molar-refractivity contribution < 1.29 is 14.6 Å². The lowest BCUT2D eigenvalue weighted by Crippen LogP contribution is -2.46. The molecule has 2 unspecified atom stereocenters. The van der Waals surface area contributed by atoms with Gasteiger partial charge in [0.05, 0.1) is 7.11 Å². The van der Waals surface area contributed by atoms with Crippen LogP contribution in [0.5, 0.6) is 11.5 Å². The summed E-state index contributed by atoms with van der Waals surface area (Å²) in [6.45, 7) is 0.840. The summed E-state index contributed by atoms with van der Waals surface area (Å²) in [6, 6.07) is 5.30. The second kappa shape index (κ2) is 5.35. The standard InChI is InChI=1S/C16H21NO3/c1-20-15-8-7-12(10-14(15)18)16(19)17-9-3-5-11-4-2-6-13(11)17/h7-8,10-11,13,18H,2-6,9H2,1H3. The number of carbonyl (C=O) groups is 1. The van der Waals surface area contributed by atoms with Crippen LogP contribution in [0.25, 0.3) is 0 Å². The maximum Gasteiger partial charge on any atom is 0.254 e. The number of methoxy groups -OCH3 is 1. The number of phenolic OH excluding ortho intramolecular Hbond substituents is 1. The summed E-state index contributed by atoms with van der Waals surface area (Å²) in [5.41, 5.74) is 0.552. The molecule has 3 rings (SSSR count). The number of amides is 1. The van der Waals surface area contributed by atoms with Gasteiger partial charge in [0, 0.05) is 18.2 Å². The van der Waals surface area contributed by atoms with Gasteiger partial charge < -0.3 is 14.7 Å². The number of ether oxygens (including phenoxy) is 1. The lowest BCUT2D eigenvalue weighted by Gasteiger charge is -2.37. The number of hydrogen-bond acceptors (Lipinski definition) is 3. The van der Waals surface area contributed by atoms with Crippen LogP contribution in [0.3, 0.4) is 0 Å². The first kappa shape index (κ1) is 13.3. The monoisotopic (exact) mass is 275 g/mol. The Bertz CT molecular complexity index is 514. The third-order valence-corrected chi connectivity index (χ3v) is 4.68. The van der Waals surface area contributed by atoms with Crippen LogP contribution < -0.4 is 4.74 Å². The predicted molar refractivity (Wildman–Crippen MR) is 76.1 cm³/mol. The van der Waals surface area contributed by atoms with Crippen molar-refractivity contribution in [2.75, 3.05) is 13.7 Å². The number of piperidine rings is 1. The average Bonchev–Trinajstić information content (AvgIpc) is 2.94. The van der Waals surface area contributed by atoms with Crippen LogP contribution in [-0.4, -0.2) is 35.6 Å². The minimum Gasteiger partial charge on any atom is -0.504 e. The number of carbonyl (C=O) groups excluding carboxylic acids is 1. The summed E-state index contributed by atoms with van der Waals surface area (Å²) in [5.74, 6) is 1.15. The van der Waals surface area contributed by atoms with E-state index in [9.17, 15) is 9.90 Å². The first-order chi connectivity index (χ1) is 9.70. The van der Waals surface area contributed by atoms with Gasteiger partial charge >= 0.3 is 0 Å². The van der Waals surface area contributed by atoms with Gasteiger partial charge in [0.1, 0.15) is 0 Å². The lowest BCUT2D eigenvalue weighted by atomic mass is 9.91. The summed E-state index contributed by atoms with van der Waals surface area (Å²) >= 11 is 0. The normalized spacial score (nSPS) is 25.4. The van der Waals surface area contributed by atoms with Crippen molar-refractivity contribution in [2.45, 2.75) is 38.1 Å². The molecule has 1 saturated carbocycles. The molecule has 0 bridgehead atoms. The first-order valence-electron chi connectivity index (χ1n) is 7.38. The molecule has 108 valence electrons. The molecule has 20 heavy (non-hydrogen) atoms. The van der Waals surface area contributed by atoms with Crippen LogP contribution in [0.1, 0.15) is 42.5 Å². The van der Waals surface area contributed by atoms with Gasteiger partial charge in [-0.1, -0.05) is 6.42 Å². The van der Waals surface area contributed by atoms with Crippen LogP contribution in [0.15, 0.2) is 18.2 Å². The smallest absolute Gasteiger partial charge is 0.254 e. The first-order valence-corrected chi connectivity index (χ1v) is 7.38. The molecule has 1 aromatic rings. The van der Waals surface area contributed by atoms with E-state index in [-0.39, 0.29) is 11.7 Å². The van der Waals surface area contributed by atoms with Crippen molar-refractivity contribution in [3.8, 4) is 11.5 Å². The van der Waals surface area contributed by atoms with Crippen molar-refractivity contribution in [3.63, 3.8) is 0 Å². The zero-order valence-corrected chi connectivity index (χ0v) is 11.8. The van der Waals surface area contributed by atoms with Gasteiger partial charge in [-0.2, -0.15) is 0 Å². The van der Waals surface area contributed by atoms with E-state index in [0.29, 0.717) is 23.3 Å². The minimum absolute atomic E-state index is 0.0262. The summed E-state index contributed by atoms with van der Waals surface area (Å²) in [6.07, 6.45) is 5.95. The number of aromatic hydroxyl groups is 1. The van der Waals surface area contributed by atoms with Crippen LogP contribution in [0.2, 0.25) is 0 Å². The highest BCUT2D eigenvalue weighted by atomic mass is 16.5. The Hall–Kier alpha value is -1.71.